The quantitative estimate of drug-likeness (QED) is 0.541. The fourth-order valence-corrected chi connectivity index (χ4v) is 2.81. The predicted octanol–water partition coefficient (Wildman–Crippen LogP) is 5.07. The average Bonchev–Trinajstić information content (AvgIpc) is 3.17. The maximum Gasteiger partial charge on any atom is 0.259 e. The molecule has 0 radical (unpaired) electrons. The summed E-state index contributed by atoms with van der Waals surface area (Å²) in [7, 11) is 0. The summed E-state index contributed by atoms with van der Waals surface area (Å²) in [6, 6.07) is 20.6. The molecular formula is C22H15F2N3O. The molecule has 0 bridgehead atoms. The van der Waals surface area contributed by atoms with Gasteiger partial charge in [0.2, 0.25) is 0 Å². The average molecular weight is 375 g/mol. The summed E-state index contributed by atoms with van der Waals surface area (Å²) >= 11 is 0. The van der Waals surface area contributed by atoms with E-state index in [0.29, 0.717) is 22.5 Å². The zero-order valence-corrected chi connectivity index (χ0v) is 14.6. The number of amides is 1. The molecule has 0 atom stereocenters. The lowest BCUT2D eigenvalue weighted by molar-refractivity contribution is 0.102. The molecule has 0 aliphatic carbocycles. The fraction of sp³-hybridized carbons (Fsp3) is 0. The van der Waals surface area contributed by atoms with Crippen LogP contribution in [0.3, 0.4) is 0 Å². The van der Waals surface area contributed by atoms with E-state index in [1.807, 2.05) is 30.3 Å². The molecule has 0 saturated carbocycles. The maximum atomic E-state index is 13.3. The largest absolute Gasteiger partial charge is 0.322 e. The van der Waals surface area contributed by atoms with Crippen molar-refractivity contribution in [1.82, 2.24) is 9.78 Å². The Morgan fingerprint density at radius 3 is 2.07 bits per heavy atom. The molecule has 1 amide bonds. The molecule has 1 heterocycles. The molecule has 0 unspecified atom stereocenters. The van der Waals surface area contributed by atoms with Gasteiger partial charge >= 0.3 is 0 Å². The molecule has 4 aromatic rings. The minimum Gasteiger partial charge on any atom is -0.322 e. The van der Waals surface area contributed by atoms with Crippen LogP contribution in [0.1, 0.15) is 10.4 Å². The maximum absolute atomic E-state index is 13.3. The lowest BCUT2D eigenvalue weighted by Gasteiger charge is -2.05. The van der Waals surface area contributed by atoms with E-state index in [2.05, 4.69) is 10.4 Å². The van der Waals surface area contributed by atoms with Crippen LogP contribution in [0.4, 0.5) is 14.5 Å². The first-order valence-electron chi connectivity index (χ1n) is 8.58. The highest BCUT2D eigenvalue weighted by Crippen LogP contribution is 2.25. The van der Waals surface area contributed by atoms with Crippen molar-refractivity contribution in [2.75, 3.05) is 5.32 Å². The van der Waals surface area contributed by atoms with E-state index in [1.165, 1.54) is 36.4 Å². The first-order valence-corrected chi connectivity index (χ1v) is 8.58. The number of halogens is 2. The number of para-hydroxylation sites is 1. The summed E-state index contributed by atoms with van der Waals surface area (Å²) < 4.78 is 28.0. The number of nitrogens with one attached hydrogen (secondary N) is 1. The fourth-order valence-electron chi connectivity index (χ4n) is 2.81. The first kappa shape index (κ1) is 17.6. The second-order valence-corrected chi connectivity index (χ2v) is 6.14. The van der Waals surface area contributed by atoms with Gasteiger partial charge in [-0.05, 0) is 60.7 Å². The Hall–Kier alpha value is -3.80. The second kappa shape index (κ2) is 7.44. The van der Waals surface area contributed by atoms with Crippen LogP contribution in [0.15, 0.2) is 85.1 Å². The number of anilines is 1. The van der Waals surface area contributed by atoms with Gasteiger partial charge in [-0.2, -0.15) is 5.10 Å². The van der Waals surface area contributed by atoms with Crippen molar-refractivity contribution in [1.29, 1.82) is 0 Å². The van der Waals surface area contributed by atoms with E-state index in [-0.39, 0.29) is 11.6 Å². The Kier molecular flexibility index (Phi) is 4.68. The van der Waals surface area contributed by atoms with Crippen molar-refractivity contribution in [3.8, 4) is 16.9 Å². The van der Waals surface area contributed by atoms with Crippen molar-refractivity contribution in [3.63, 3.8) is 0 Å². The number of hydrogen-bond donors (Lipinski definition) is 1. The lowest BCUT2D eigenvalue weighted by atomic mass is 10.1. The molecule has 4 rings (SSSR count). The Labute approximate surface area is 160 Å². The van der Waals surface area contributed by atoms with E-state index in [1.54, 1.807) is 23.0 Å². The van der Waals surface area contributed by atoms with Crippen LogP contribution in [-0.2, 0) is 0 Å². The molecule has 0 saturated heterocycles. The third-order valence-corrected chi connectivity index (χ3v) is 4.20. The number of nitrogens with zero attached hydrogens (tertiary/aromatic N) is 2. The number of benzene rings is 3. The number of rotatable bonds is 4. The van der Waals surface area contributed by atoms with Gasteiger partial charge in [0.25, 0.3) is 5.91 Å². The number of carbonyl (C=O) groups excluding carboxylic acids is 1. The molecule has 3 aromatic carbocycles. The summed E-state index contributed by atoms with van der Waals surface area (Å²) in [5, 5.41) is 7.27. The molecule has 0 aliphatic rings. The van der Waals surface area contributed by atoms with Crippen LogP contribution in [-0.4, -0.2) is 15.7 Å². The molecule has 4 nitrogen and oxygen atoms in total. The summed E-state index contributed by atoms with van der Waals surface area (Å²) in [5.74, 6) is -1.15. The molecule has 1 aromatic heterocycles. The minimum atomic E-state index is -0.395. The normalized spacial score (nSPS) is 10.6. The van der Waals surface area contributed by atoms with E-state index in [4.69, 9.17) is 0 Å². The van der Waals surface area contributed by atoms with Crippen LogP contribution >= 0.6 is 0 Å². The highest BCUT2D eigenvalue weighted by atomic mass is 19.1. The third-order valence-electron chi connectivity index (χ3n) is 4.20. The van der Waals surface area contributed by atoms with E-state index < -0.39 is 5.91 Å². The summed E-state index contributed by atoms with van der Waals surface area (Å²) in [6.45, 7) is 0. The highest BCUT2D eigenvalue weighted by molar-refractivity contribution is 6.08. The SMILES string of the molecule is O=C(Nc1ccc(F)cc1)c1cn(-c2ccccc2)nc1-c1ccc(F)cc1. The van der Waals surface area contributed by atoms with Gasteiger partial charge in [-0.15, -0.1) is 0 Å². The van der Waals surface area contributed by atoms with Gasteiger partial charge in [0.05, 0.1) is 11.3 Å². The zero-order valence-electron chi connectivity index (χ0n) is 14.6. The highest BCUT2D eigenvalue weighted by Gasteiger charge is 2.19. The summed E-state index contributed by atoms with van der Waals surface area (Å²) in [5.41, 5.74) is 2.60. The molecule has 28 heavy (non-hydrogen) atoms. The monoisotopic (exact) mass is 375 g/mol. The summed E-state index contributed by atoms with van der Waals surface area (Å²) in [6.07, 6.45) is 1.62. The van der Waals surface area contributed by atoms with Crippen LogP contribution in [0.2, 0.25) is 0 Å². The van der Waals surface area contributed by atoms with Gasteiger partial charge in [0.1, 0.15) is 17.3 Å². The lowest BCUT2D eigenvalue weighted by Crippen LogP contribution is -2.12. The number of hydrogen-bond acceptors (Lipinski definition) is 2. The Morgan fingerprint density at radius 1 is 0.821 bits per heavy atom. The Balaban J connectivity index is 1.75. The topological polar surface area (TPSA) is 46.9 Å². The Morgan fingerprint density at radius 2 is 1.43 bits per heavy atom. The van der Waals surface area contributed by atoms with Crippen molar-refractivity contribution in [3.05, 3.63) is 102 Å². The second-order valence-electron chi connectivity index (χ2n) is 6.14. The van der Waals surface area contributed by atoms with Gasteiger partial charge < -0.3 is 5.32 Å². The van der Waals surface area contributed by atoms with Crippen molar-refractivity contribution in [2.24, 2.45) is 0 Å². The summed E-state index contributed by atoms with van der Waals surface area (Å²) in [4.78, 5) is 12.9. The standard InChI is InChI=1S/C22H15F2N3O/c23-16-8-6-15(7-9-16)21-20(14-27(26-21)19-4-2-1-3-5-19)22(28)25-18-12-10-17(24)11-13-18/h1-14H,(H,25,28). The smallest absolute Gasteiger partial charge is 0.259 e. The van der Waals surface area contributed by atoms with Gasteiger partial charge in [0, 0.05) is 17.4 Å². The van der Waals surface area contributed by atoms with Gasteiger partial charge in [-0.1, -0.05) is 18.2 Å². The van der Waals surface area contributed by atoms with Crippen molar-refractivity contribution in [2.45, 2.75) is 0 Å². The molecule has 0 fully saturated rings. The molecule has 138 valence electrons. The molecule has 0 aliphatic heterocycles. The third kappa shape index (κ3) is 3.66. The van der Waals surface area contributed by atoms with Crippen molar-refractivity contribution >= 4 is 11.6 Å². The van der Waals surface area contributed by atoms with Crippen LogP contribution in [0.5, 0.6) is 0 Å². The molecule has 6 heteroatoms. The molecule has 1 N–H and O–H groups in total. The first-order chi connectivity index (χ1) is 13.6. The predicted molar refractivity (Wildman–Crippen MR) is 103 cm³/mol. The van der Waals surface area contributed by atoms with Gasteiger partial charge in [0.15, 0.2) is 0 Å². The molecule has 0 spiro atoms. The number of aromatic nitrogens is 2. The van der Waals surface area contributed by atoms with E-state index in [0.717, 1.165) is 5.69 Å². The van der Waals surface area contributed by atoms with Crippen LogP contribution < -0.4 is 5.32 Å². The van der Waals surface area contributed by atoms with Crippen molar-refractivity contribution < 1.29 is 13.6 Å². The Bertz CT molecular complexity index is 1100. The van der Waals surface area contributed by atoms with Crippen LogP contribution in [0.25, 0.3) is 16.9 Å². The molecular weight excluding hydrogens is 360 g/mol. The number of carbonyl (C=O) groups is 1. The zero-order chi connectivity index (χ0) is 19.5. The van der Waals surface area contributed by atoms with Gasteiger partial charge in [-0.3, -0.25) is 4.79 Å². The van der Waals surface area contributed by atoms with E-state index >= 15 is 0 Å². The van der Waals surface area contributed by atoms with E-state index in [9.17, 15) is 13.6 Å². The minimum absolute atomic E-state index is 0.319. The van der Waals surface area contributed by atoms with Crippen LogP contribution in [0, 0.1) is 11.6 Å². The van der Waals surface area contributed by atoms with Gasteiger partial charge in [-0.25, -0.2) is 13.5 Å².